The van der Waals surface area contributed by atoms with Crippen LogP contribution in [0.2, 0.25) is 0 Å². The number of carbonyl (C=O) groups excluding carboxylic acids is 1. The van der Waals surface area contributed by atoms with Crippen LogP contribution in [-0.4, -0.2) is 33.5 Å². The molecule has 0 spiro atoms. The number of hydrogen-bond donors (Lipinski definition) is 1. The second-order valence-corrected chi connectivity index (χ2v) is 8.19. The Morgan fingerprint density at radius 3 is 2.33 bits per heavy atom. The molecule has 0 aliphatic rings. The molecular formula is C16H14BrF3N2O4S. The monoisotopic (exact) mass is 466 g/mol. The highest BCUT2D eigenvalue weighted by Gasteiger charge is 2.31. The van der Waals surface area contributed by atoms with E-state index in [4.69, 9.17) is 0 Å². The highest BCUT2D eigenvalue weighted by Crippen LogP contribution is 2.25. The van der Waals surface area contributed by atoms with Gasteiger partial charge in [0, 0.05) is 10.2 Å². The molecule has 6 nitrogen and oxygen atoms in total. The molecule has 27 heavy (non-hydrogen) atoms. The van der Waals surface area contributed by atoms with Crippen molar-refractivity contribution in [2.24, 2.45) is 0 Å². The number of amides is 1. The Bertz CT molecular complexity index is 918. The van der Waals surface area contributed by atoms with Crippen molar-refractivity contribution in [1.29, 1.82) is 0 Å². The normalized spacial score (nSPS) is 11.7. The van der Waals surface area contributed by atoms with E-state index < -0.39 is 34.6 Å². The van der Waals surface area contributed by atoms with E-state index in [2.05, 4.69) is 26.0 Å². The highest BCUT2D eigenvalue weighted by atomic mass is 79.9. The predicted octanol–water partition coefficient (Wildman–Crippen LogP) is 3.75. The molecule has 1 amide bonds. The molecule has 2 rings (SSSR count). The summed E-state index contributed by atoms with van der Waals surface area (Å²) in [5.41, 5.74) is 0.480. The van der Waals surface area contributed by atoms with Crippen LogP contribution in [0.3, 0.4) is 0 Å². The van der Waals surface area contributed by atoms with Crippen molar-refractivity contribution < 1.29 is 31.1 Å². The minimum absolute atomic E-state index is 0.192. The van der Waals surface area contributed by atoms with E-state index in [0.29, 0.717) is 4.47 Å². The van der Waals surface area contributed by atoms with Gasteiger partial charge in [0.15, 0.2) is 0 Å². The second kappa shape index (κ2) is 8.17. The first kappa shape index (κ1) is 21.0. The zero-order chi connectivity index (χ0) is 20.2. The van der Waals surface area contributed by atoms with Crippen molar-refractivity contribution in [2.75, 3.05) is 22.4 Å². The molecule has 0 fully saturated rings. The summed E-state index contributed by atoms with van der Waals surface area (Å²) >= 11 is 3.23. The van der Waals surface area contributed by atoms with E-state index in [1.807, 2.05) is 0 Å². The van der Waals surface area contributed by atoms with E-state index in [-0.39, 0.29) is 11.4 Å². The maximum Gasteiger partial charge on any atom is 0.573 e. The average molecular weight is 467 g/mol. The van der Waals surface area contributed by atoms with E-state index in [1.54, 1.807) is 12.1 Å². The molecule has 1 N–H and O–H groups in total. The van der Waals surface area contributed by atoms with Crippen LogP contribution < -0.4 is 14.4 Å². The third kappa shape index (κ3) is 6.75. The van der Waals surface area contributed by atoms with Gasteiger partial charge in [-0.05, 0) is 42.5 Å². The Labute approximate surface area is 162 Å². The van der Waals surface area contributed by atoms with Gasteiger partial charge in [0.2, 0.25) is 15.9 Å². The Hall–Kier alpha value is -2.27. The predicted molar refractivity (Wildman–Crippen MR) is 98.1 cm³/mol. The Morgan fingerprint density at radius 1 is 1.19 bits per heavy atom. The van der Waals surface area contributed by atoms with Crippen molar-refractivity contribution in [1.82, 2.24) is 0 Å². The average Bonchev–Trinajstić information content (AvgIpc) is 2.52. The summed E-state index contributed by atoms with van der Waals surface area (Å²) < 4.78 is 65.7. The summed E-state index contributed by atoms with van der Waals surface area (Å²) in [6.07, 6.45) is -3.85. The topological polar surface area (TPSA) is 75.7 Å². The SMILES string of the molecule is CS(=O)(=O)N(CC(=O)Nc1ccc(OC(F)(F)F)cc1)c1cccc(Br)c1. The van der Waals surface area contributed by atoms with Crippen molar-refractivity contribution >= 4 is 43.2 Å². The molecule has 2 aromatic carbocycles. The van der Waals surface area contributed by atoms with Gasteiger partial charge in [-0.3, -0.25) is 9.10 Å². The number of nitrogens with one attached hydrogen (secondary N) is 1. The minimum Gasteiger partial charge on any atom is -0.406 e. The molecule has 11 heteroatoms. The van der Waals surface area contributed by atoms with E-state index in [9.17, 15) is 26.4 Å². The zero-order valence-corrected chi connectivity index (χ0v) is 16.2. The van der Waals surface area contributed by atoms with Crippen molar-refractivity contribution in [2.45, 2.75) is 6.36 Å². The Morgan fingerprint density at radius 2 is 1.81 bits per heavy atom. The van der Waals surface area contributed by atoms with Gasteiger partial charge >= 0.3 is 6.36 Å². The molecule has 0 aliphatic heterocycles. The van der Waals surface area contributed by atoms with E-state index >= 15 is 0 Å². The maximum atomic E-state index is 12.2. The molecule has 0 bridgehead atoms. The lowest BCUT2D eigenvalue weighted by Crippen LogP contribution is -2.37. The van der Waals surface area contributed by atoms with Gasteiger partial charge in [-0.2, -0.15) is 0 Å². The summed E-state index contributed by atoms with van der Waals surface area (Å²) in [5.74, 6) is -1.10. The molecule has 0 aliphatic carbocycles. The third-order valence-electron chi connectivity index (χ3n) is 3.16. The van der Waals surface area contributed by atoms with Gasteiger partial charge in [-0.15, -0.1) is 13.2 Å². The number of rotatable bonds is 6. The number of sulfonamides is 1. The number of hydrogen-bond acceptors (Lipinski definition) is 4. The molecule has 0 saturated heterocycles. The summed E-state index contributed by atoms with van der Waals surface area (Å²) in [7, 11) is -3.74. The number of carbonyl (C=O) groups is 1. The summed E-state index contributed by atoms with van der Waals surface area (Å²) in [6.45, 7) is -0.504. The molecule has 0 heterocycles. The van der Waals surface area contributed by atoms with Crippen molar-refractivity contribution in [3.8, 4) is 5.75 Å². The molecule has 0 unspecified atom stereocenters. The van der Waals surface area contributed by atoms with Crippen molar-refractivity contribution in [3.05, 3.63) is 53.0 Å². The van der Waals surface area contributed by atoms with Gasteiger partial charge in [-0.1, -0.05) is 22.0 Å². The van der Waals surface area contributed by atoms with Crippen LogP contribution in [-0.2, 0) is 14.8 Å². The lowest BCUT2D eigenvalue weighted by Gasteiger charge is -2.22. The fourth-order valence-corrected chi connectivity index (χ4v) is 3.34. The molecule has 2 aromatic rings. The fraction of sp³-hybridized carbons (Fsp3) is 0.188. The van der Waals surface area contributed by atoms with E-state index in [0.717, 1.165) is 22.7 Å². The lowest BCUT2D eigenvalue weighted by atomic mass is 10.3. The highest BCUT2D eigenvalue weighted by molar-refractivity contribution is 9.10. The van der Waals surface area contributed by atoms with Crippen LogP contribution >= 0.6 is 15.9 Å². The number of nitrogens with zero attached hydrogens (tertiary/aromatic N) is 1. The standard InChI is InChI=1S/C16H14BrF3N2O4S/c1-27(24,25)22(13-4-2-3-11(17)9-13)10-15(23)21-12-5-7-14(8-6-12)26-16(18,19)20/h2-9H,10H2,1H3,(H,21,23). The zero-order valence-electron chi connectivity index (χ0n) is 13.8. The van der Waals surface area contributed by atoms with Crippen LogP contribution in [0.15, 0.2) is 53.0 Å². The Balaban J connectivity index is 2.10. The number of ether oxygens (including phenoxy) is 1. The van der Waals surface area contributed by atoms with Crippen LogP contribution in [0, 0.1) is 0 Å². The fourth-order valence-electron chi connectivity index (χ4n) is 2.10. The molecule has 146 valence electrons. The summed E-state index contributed by atoms with van der Waals surface area (Å²) in [5, 5.41) is 2.43. The van der Waals surface area contributed by atoms with Crippen LogP contribution in [0.5, 0.6) is 5.75 Å². The van der Waals surface area contributed by atoms with Gasteiger partial charge in [-0.25, -0.2) is 8.42 Å². The quantitative estimate of drug-likeness (QED) is 0.703. The summed E-state index contributed by atoms with van der Waals surface area (Å²) in [6, 6.07) is 10.9. The van der Waals surface area contributed by atoms with Crippen LogP contribution in [0.4, 0.5) is 24.5 Å². The lowest BCUT2D eigenvalue weighted by molar-refractivity contribution is -0.274. The first-order valence-electron chi connectivity index (χ1n) is 7.33. The first-order valence-corrected chi connectivity index (χ1v) is 9.97. The number of alkyl halides is 3. The first-order chi connectivity index (χ1) is 12.4. The van der Waals surface area contributed by atoms with Gasteiger partial charge in [0.05, 0.1) is 11.9 Å². The third-order valence-corrected chi connectivity index (χ3v) is 4.79. The molecule has 0 atom stereocenters. The van der Waals surface area contributed by atoms with Crippen LogP contribution in [0.25, 0.3) is 0 Å². The molecule has 0 radical (unpaired) electrons. The minimum atomic E-state index is -4.81. The van der Waals surface area contributed by atoms with E-state index in [1.165, 1.54) is 24.3 Å². The number of halogens is 4. The second-order valence-electron chi connectivity index (χ2n) is 5.37. The maximum absolute atomic E-state index is 12.2. The van der Waals surface area contributed by atoms with Gasteiger partial charge in [0.1, 0.15) is 12.3 Å². The van der Waals surface area contributed by atoms with Gasteiger partial charge < -0.3 is 10.1 Å². The van der Waals surface area contributed by atoms with Gasteiger partial charge in [0.25, 0.3) is 0 Å². The van der Waals surface area contributed by atoms with Crippen molar-refractivity contribution in [3.63, 3.8) is 0 Å². The number of anilines is 2. The smallest absolute Gasteiger partial charge is 0.406 e. The number of benzene rings is 2. The summed E-state index contributed by atoms with van der Waals surface area (Å²) in [4.78, 5) is 12.2. The Kier molecular flexibility index (Phi) is 6.37. The molecule has 0 aromatic heterocycles. The van der Waals surface area contributed by atoms with Crippen LogP contribution in [0.1, 0.15) is 0 Å². The molecule has 0 saturated carbocycles. The molecular weight excluding hydrogens is 453 g/mol. The largest absolute Gasteiger partial charge is 0.573 e.